The van der Waals surface area contributed by atoms with Gasteiger partial charge in [0.2, 0.25) is 6.29 Å². The standard InChI is InChI=1S/C68H108O34/c1-24-36(74)39(77)43(81)58(93-24)98-50-31(72)23-92-61(53(50)101-59-44(82)40(78)48(25(2)94-59)96-57-46(84)49(30(71)22-91-57)97-55-41(79)37(75)28(69)20-89-55)102-62(88)68-17-16-63(3,4)18-27(68)26-10-11-33-65(7)14-13-35(64(5,6)32(65)12-15-66(33,8)67(26,9)19-34(68)73)95-60-47(85)51(45(83)52(100-60)54(86)87)99-56-42(80)38(76)29(70)21-90-56/h10,24-25,27-53,55-61,69-85H,11-23H2,1-9H3,(H,86,87)/t24-,25-,27-,28+,29-,30+,31+,32+,33+,34+,35-,36+,37+,38-,39-,40-,41+,42-,43+,44-,45+,46+,47-,48-,49+,50+,51+,52+,53+,55+,56-,57-,58-,59+,60-,61+,65-,66+,67-,68+/m0/s1. The van der Waals surface area contributed by atoms with E-state index in [1.165, 1.54) is 13.8 Å². The molecule has 0 aromatic rings. The molecule has 0 aromatic heterocycles. The molecule has 584 valence electrons. The molecule has 0 aromatic carbocycles. The first-order valence-electron chi connectivity index (χ1n) is 35.8. The molecule has 18 N–H and O–H groups in total. The Morgan fingerprint density at radius 1 is 0.441 bits per heavy atom. The van der Waals surface area contributed by atoms with Crippen LogP contribution in [0.4, 0.5) is 0 Å². The lowest BCUT2D eigenvalue weighted by atomic mass is 9.33. The highest BCUT2D eigenvalue weighted by molar-refractivity contribution is 5.80. The van der Waals surface area contributed by atoms with Crippen LogP contribution in [0.15, 0.2) is 11.6 Å². The number of carboxylic acid groups (broad SMARTS) is 1. The van der Waals surface area contributed by atoms with Crippen LogP contribution in [0.25, 0.3) is 0 Å². The van der Waals surface area contributed by atoms with E-state index in [9.17, 15) is 96.7 Å². The molecular formula is C68H108O34. The van der Waals surface area contributed by atoms with Crippen molar-refractivity contribution in [3.8, 4) is 0 Å². The monoisotopic (exact) mass is 1470 g/mol. The smallest absolute Gasteiger partial charge is 0.335 e. The zero-order chi connectivity index (χ0) is 74.3. The predicted octanol–water partition coefficient (Wildman–Crippen LogP) is -4.89. The van der Waals surface area contributed by atoms with Crippen LogP contribution in [0, 0.1) is 50.2 Å². The number of allylic oxidation sites excluding steroid dienone is 2. The van der Waals surface area contributed by atoms with E-state index in [4.69, 9.17) is 66.3 Å². The Labute approximate surface area is 589 Å². The van der Waals surface area contributed by atoms with Crippen molar-refractivity contribution in [3.63, 3.8) is 0 Å². The van der Waals surface area contributed by atoms with Crippen molar-refractivity contribution >= 4 is 11.9 Å². The van der Waals surface area contributed by atoms with E-state index < -0.39 is 274 Å². The van der Waals surface area contributed by atoms with Crippen LogP contribution in [0.2, 0.25) is 0 Å². The maximum atomic E-state index is 16.0. The SMILES string of the molecule is C[C@@H]1O[C@@H](O[C@H]2[C@@H](O[C@H]3O[C@@H](C)[C@H](O[C@@H]4OC[C@@H](O)[C@@H](O[C@H]5OC[C@@H](O)[C@@H](O)[C@H]5O)[C@H]4O)[C@@H](O)[C@@H]3O)[C@@H](OC(=O)[C@]34CCC(C)(C)C[C@H]3C3=CC[C@@H]5[C@@]6(C)CC[C@H](O[C@H]7O[C@@H](C(=O)O)[C@H](O)[C@@H](O[C@@H]8OC[C@H](O)[C@H](O)[C@@H]8O)[C@@H]7O)C(C)(C)[C@H]6CC[C@@]5(C)[C@@]3(C)C[C@H]4O)OC[C@H]2O)[C@H](O)[C@@H](O)[C@@H]1O. The summed E-state index contributed by atoms with van der Waals surface area (Å²) in [5.74, 6) is -3.19. The maximum absolute atomic E-state index is 16.0. The van der Waals surface area contributed by atoms with Gasteiger partial charge in [0.25, 0.3) is 0 Å². The summed E-state index contributed by atoms with van der Waals surface area (Å²) in [7, 11) is 0. The number of aliphatic hydroxyl groups is 17. The minimum atomic E-state index is -2.09. The van der Waals surface area contributed by atoms with Gasteiger partial charge in [-0.05, 0) is 116 Å². The van der Waals surface area contributed by atoms with Gasteiger partial charge in [-0.1, -0.05) is 60.1 Å². The third-order valence-electron chi connectivity index (χ3n) is 26.1. The molecule has 0 spiro atoms. The molecule has 11 fully saturated rings. The van der Waals surface area contributed by atoms with Gasteiger partial charge in [0.05, 0.1) is 50.8 Å². The quantitative estimate of drug-likeness (QED) is 0.0415. The van der Waals surface area contributed by atoms with Crippen LogP contribution in [0.3, 0.4) is 0 Å². The van der Waals surface area contributed by atoms with Crippen LogP contribution in [-0.4, -0.2) is 333 Å². The third kappa shape index (κ3) is 13.6. The van der Waals surface area contributed by atoms with Gasteiger partial charge in [0.1, 0.15) is 127 Å². The van der Waals surface area contributed by atoms with Gasteiger partial charge < -0.3 is 158 Å². The van der Waals surface area contributed by atoms with Crippen molar-refractivity contribution in [2.75, 3.05) is 26.4 Å². The number of carbonyl (C=O) groups excluding carboxylic acids is 1. The largest absolute Gasteiger partial charge is 0.479 e. The molecule has 34 nitrogen and oxygen atoms in total. The number of aliphatic hydroxyl groups excluding tert-OH is 17. The van der Waals surface area contributed by atoms with E-state index in [0.29, 0.717) is 44.9 Å². The fraction of sp³-hybridized carbons (Fsp3) is 0.941. The summed E-state index contributed by atoms with van der Waals surface area (Å²) < 4.78 is 83.6. The fourth-order valence-corrected chi connectivity index (χ4v) is 19.9. The van der Waals surface area contributed by atoms with Gasteiger partial charge in [-0.25, -0.2) is 4.79 Å². The Balaban J connectivity index is 0.786. The summed E-state index contributed by atoms with van der Waals surface area (Å²) in [4.78, 5) is 28.6. The highest BCUT2D eigenvalue weighted by Crippen LogP contribution is 2.76. The van der Waals surface area contributed by atoms with Crippen molar-refractivity contribution in [3.05, 3.63) is 11.6 Å². The van der Waals surface area contributed by atoms with Gasteiger partial charge in [0, 0.05) is 0 Å². The van der Waals surface area contributed by atoms with Gasteiger partial charge in [0.15, 0.2) is 49.9 Å². The number of hydrogen-bond acceptors (Lipinski definition) is 33. The normalized spacial score (nSPS) is 54.7. The lowest BCUT2D eigenvalue weighted by molar-refractivity contribution is -0.387. The van der Waals surface area contributed by atoms with Crippen LogP contribution >= 0.6 is 0 Å². The minimum absolute atomic E-state index is 0.0201. The van der Waals surface area contributed by atoms with Gasteiger partial charge >= 0.3 is 11.9 Å². The molecule has 102 heavy (non-hydrogen) atoms. The number of aliphatic carboxylic acids is 1. The first-order valence-corrected chi connectivity index (χ1v) is 35.8. The zero-order valence-electron chi connectivity index (χ0n) is 58.6. The molecule has 0 amide bonds. The van der Waals surface area contributed by atoms with Crippen LogP contribution in [-0.2, 0) is 75.9 Å². The summed E-state index contributed by atoms with van der Waals surface area (Å²) in [5.41, 5.74) is -3.38. The highest BCUT2D eigenvalue weighted by atomic mass is 16.8. The predicted molar refractivity (Wildman–Crippen MR) is 336 cm³/mol. The maximum Gasteiger partial charge on any atom is 0.335 e. The summed E-state index contributed by atoms with van der Waals surface area (Å²) in [6.45, 7) is 15.7. The molecule has 5 aliphatic carbocycles. The van der Waals surface area contributed by atoms with Crippen molar-refractivity contribution in [2.24, 2.45) is 50.2 Å². The summed E-state index contributed by atoms with van der Waals surface area (Å²) in [6, 6.07) is 0. The van der Waals surface area contributed by atoms with Crippen LogP contribution in [0.5, 0.6) is 0 Å². The fourth-order valence-electron chi connectivity index (χ4n) is 19.9. The highest BCUT2D eigenvalue weighted by Gasteiger charge is 2.73. The minimum Gasteiger partial charge on any atom is -0.479 e. The molecule has 7 aliphatic heterocycles. The lowest BCUT2D eigenvalue weighted by Crippen LogP contribution is -2.69. The average molecular weight is 1470 g/mol. The van der Waals surface area contributed by atoms with Crippen LogP contribution in [0.1, 0.15) is 120 Å². The number of rotatable bonds is 15. The van der Waals surface area contributed by atoms with E-state index in [1.54, 1.807) is 0 Å². The molecule has 0 radical (unpaired) electrons. The second-order valence-corrected chi connectivity index (χ2v) is 33.0. The molecular weight excluding hydrogens is 1360 g/mol. The van der Waals surface area contributed by atoms with E-state index >= 15 is 4.79 Å². The molecule has 40 atom stereocenters. The van der Waals surface area contributed by atoms with E-state index in [2.05, 4.69) is 54.5 Å². The Morgan fingerprint density at radius 3 is 1.56 bits per heavy atom. The Bertz CT molecular complexity index is 2970. The first kappa shape index (κ1) is 79.0. The van der Waals surface area contributed by atoms with Crippen molar-refractivity contribution < 1.29 is 168 Å². The van der Waals surface area contributed by atoms with Gasteiger partial charge in [-0.3, -0.25) is 4.79 Å². The second-order valence-electron chi connectivity index (χ2n) is 33.0. The Kier molecular flexibility index (Phi) is 22.8. The Morgan fingerprint density at radius 2 is 0.941 bits per heavy atom. The molecule has 7 heterocycles. The topological polar surface area (TPSA) is 528 Å². The van der Waals surface area contributed by atoms with Gasteiger partial charge in [-0.2, -0.15) is 0 Å². The molecule has 4 saturated carbocycles. The molecule has 12 aliphatic rings. The molecule has 7 saturated heterocycles. The van der Waals surface area contributed by atoms with E-state index in [-0.39, 0.29) is 30.1 Å². The number of carbonyl (C=O) groups is 2. The van der Waals surface area contributed by atoms with Crippen LogP contribution < -0.4 is 0 Å². The number of ether oxygens (including phenoxy) is 14. The van der Waals surface area contributed by atoms with E-state index in [1.807, 2.05) is 0 Å². The average Bonchev–Trinajstić information content (AvgIpc) is 0.671. The van der Waals surface area contributed by atoms with E-state index in [0.717, 1.165) is 5.57 Å². The zero-order valence-corrected chi connectivity index (χ0v) is 58.6. The Hall–Kier alpha value is -2.52. The summed E-state index contributed by atoms with van der Waals surface area (Å²) in [6.07, 6.45) is -49.3. The first-order chi connectivity index (χ1) is 47.7. The van der Waals surface area contributed by atoms with Crippen molar-refractivity contribution in [1.29, 1.82) is 0 Å². The number of hydrogen-bond donors (Lipinski definition) is 18. The number of esters is 1. The molecule has 12 rings (SSSR count). The number of fused-ring (bicyclic) bond motifs is 7. The third-order valence-corrected chi connectivity index (χ3v) is 26.1. The number of carboxylic acids is 1. The second kappa shape index (κ2) is 29.4. The van der Waals surface area contributed by atoms with Crippen molar-refractivity contribution in [1.82, 2.24) is 0 Å². The van der Waals surface area contributed by atoms with Crippen molar-refractivity contribution in [2.45, 2.75) is 323 Å². The summed E-state index contributed by atoms with van der Waals surface area (Å²) in [5, 5.41) is 199. The molecule has 0 unspecified atom stereocenters. The van der Waals surface area contributed by atoms with Gasteiger partial charge in [-0.15, -0.1) is 0 Å². The molecule has 0 bridgehead atoms. The summed E-state index contributed by atoms with van der Waals surface area (Å²) >= 11 is 0. The molecule has 34 heteroatoms. The lowest BCUT2D eigenvalue weighted by Gasteiger charge is -2.71.